The summed E-state index contributed by atoms with van der Waals surface area (Å²) in [6.07, 6.45) is 6.38. The third-order valence-corrected chi connectivity index (χ3v) is 2.87. The zero-order valence-corrected chi connectivity index (χ0v) is 9.80. The third kappa shape index (κ3) is 3.11. The van der Waals surface area contributed by atoms with Gasteiger partial charge in [0.25, 0.3) is 0 Å². The first-order valence-electron chi connectivity index (χ1n) is 5.43. The van der Waals surface area contributed by atoms with Crippen LogP contribution in [0, 0.1) is 26.2 Å². The largest absolute Gasteiger partial charge is 0.300 e. The van der Waals surface area contributed by atoms with Crippen molar-refractivity contribution in [1.82, 2.24) is 5.32 Å². The summed E-state index contributed by atoms with van der Waals surface area (Å²) in [5.74, 6) is 2.74. The van der Waals surface area contributed by atoms with E-state index in [1.165, 1.54) is 16.7 Å². The number of aryl methyl sites for hydroxylation is 1. The van der Waals surface area contributed by atoms with Crippen LogP contribution in [-0.4, -0.2) is 6.04 Å². The molecule has 1 rings (SSSR count). The Bertz CT molecular complexity index is 360. The van der Waals surface area contributed by atoms with E-state index < -0.39 is 0 Å². The van der Waals surface area contributed by atoms with Gasteiger partial charge in [-0.1, -0.05) is 31.0 Å². The first-order valence-corrected chi connectivity index (χ1v) is 5.43. The SMILES string of the molecule is C#CC(CC)NCc1cccc(C)c1C. The van der Waals surface area contributed by atoms with Gasteiger partial charge >= 0.3 is 0 Å². The van der Waals surface area contributed by atoms with Gasteiger partial charge in [-0.15, -0.1) is 6.42 Å². The minimum atomic E-state index is 0.185. The lowest BCUT2D eigenvalue weighted by Crippen LogP contribution is -2.26. The van der Waals surface area contributed by atoms with Crippen molar-refractivity contribution in [3.63, 3.8) is 0 Å². The Morgan fingerprint density at radius 1 is 1.40 bits per heavy atom. The summed E-state index contributed by atoms with van der Waals surface area (Å²) in [5, 5.41) is 3.37. The summed E-state index contributed by atoms with van der Waals surface area (Å²) >= 11 is 0. The topological polar surface area (TPSA) is 12.0 Å². The molecule has 1 atom stereocenters. The number of rotatable bonds is 4. The summed E-state index contributed by atoms with van der Waals surface area (Å²) in [6, 6.07) is 6.57. The molecule has 1 aromatic carbocycles. The molecule has 80 valence electrons. The molecule has 0 aliphatic carbocycles. The van der Waals surface area contributed by atoms with Crippen LogP contribution >= 0.6 is 0 Å². The average Bonchev–Trinajstić information content (AvgIpc) is 2.25. The van der Waals surface area contributed by atoms with Crippen LogP contribution in [0.2, 0.25) is 0 Å². The molecule has 0 saturated heterocycles. The van der Waals surface area contributed by atoms with Crippen LogP contribution in [0.5, 0.6) is 0 Å². The van der Waals surface area contributed by atoms with Crippen LogP contribution in [0.15, 0.2) is 18.2 Å². The fourth-order valence-electron chi connectivity index (χ4n) is 1.56. The van der Waals surface area contributed by atoms with E-state index in [1.807, 2.05) is 0 Å². The third-order valence-electron chi connectivity index (χ3n) is 2.87. The van der Waals surface area contributed by atoms with Crippen molar-refractivity contribution in [1.29, 1.82) is 0 Å². The highest BCUT2D eigenvalue weighted by Gasteiger charge is 2.03. The van der Waals surface area contributed by atoms with E-state index in [0.717, 1.165) is 13.0 Å². The molecule has 0 heterocycles. The monoisotopic (exact) mass is 201 g/mol. The van der Waals surface area contributed by atoms with Gasteiger partial charge in [-0.2, -0.15) is 0 Å². The Kier molecular flexibility index (Phi) is 4.39. The Balaban J connectivity index is 2.66. The first kappa shape index (κ1) is 11.8. The molecule has 0 aliphatic rings. The van der Waals surface area contributed by atoms with Gasteiger partial charge in [0.15, 0.2) is 0 Å². The fourth-order valence-corrected chi connectivity index (χ4v) is 1.56. The number of nitrogens with one attached hydrogen (secondary N) is 1. The summed E-state index contributed by atoms with van der Waals surface area (Å²) in [6.45, 7) is 7.25. The van der Waals surface area contributed by atoms with E-state index in [-0.39, 0.29) is 6.04 Å². The number of hydrogen-bond acceptors (Lipinski definition) is 1. The van der Waals surface area contributed by atoms with Crippen LogP contribution in [0.25, 0.3) is 0 Å². The molecular formula is C14H19N. The second kappa shape index (κ2) is 5.58. The molecule has 0 amide bonds. The Morgan fingerprint density at radius 2 is 2.13 bits per heavy atom. The van der Waals surface area contributed by atoms with Crippen molar-refractivity contribution < 1.29 is 0 Å². The molecule has 1 N–H and O–H groups in total. The number of terminal acetylenes is 1. The Labute approximate surface area is 92.9 Å². The minimum absolute atomic E-state index is 0.185. The first-order chi connectivity index (χ1) is 7.19. The minimum Gasteiger partial charge on any atom is -0.300 e. The molecule has 1 nitrogen and oxygen atoms in total. The maximum absolute atomic E-state index is 5.40. The molecule has 1 aromatic rings. The van der Waals surface area contributed by atoms with Crippen molar-refractivity contribution >= 4 is 0 Å². The fraction of sp³-hybridized carbons (Fsp3) is 0.429. The van der Waals surface area contributed by atoms with E-state index in [9.17, 15) is 0 Å². The van der Waals surface area contributed by atoms with Crippen molar-refractivity contribution in [2.45, 2.75) is 39.8 Å². The summed E-state index contributed by atoms with van der Waals surface area (Å²) in [4.78, 5) is 0. The Morgan fingerprint density at radius 3 is 2.73 bits per heavy atom. The number of benzene rings is 1. The van der Waals surface area contributed by atoms with Crippen LogP contribution in [0.3, 0.4) is 0 Å². The van der Waals surface area contributed by atoms with Gasteiger partial charge in [0.2, 0.25) is 0 Å². The predicted octanol–water partition coefficient (Wildman–Crippen LogP) is 2.80. The summed E-state index contributed by atoms with van der Waals surface area (Å²) in [7, 11) is 0. The highest BCUT2D eigenvalue weighted by Crippen LogP contribution is 2.12. The molecule has 0 fully saturated rings. The number of hydrogen-bond donors (Lipinski definition) is 1. The highest BCUT2D eigenvalue weighted by atomic mass is 14.9. The van der Waals surface area contributed by atoms with E-state index in [1.54, 1.807) is 0 Å². The van der Waals surface area contributed by atoms with Gasteiger partial charge < -0.3 is 0 Å². The van der Waals surface area contributed by atoms with Gasteiger partial charge in [-0.3, -0.25) is 5.32 Å². The van der Waals surface area contributed by atoms with Gasteiger partial charge in [-0.05, 0) is 37.0 Å². The smallest absolute Gasteiger partial charge is 0.0686 e. The molecule has 0 spiro atoms. The van der Waals surface area contributed by atoms with Crippen molar-refractivity contribution in [2.75, 3.05) is 0 Å². The molecular weight excluding hydrogens is 182 g/mol. The molecule has 0 aliphatic heterocycles. The molecule has 0 bridgehead atoms. The highest BCUT2D eigenvalue weighted by molar-refractivity contribution is 5.33. The van der Waals surface area contributed by atoms with Crippen molar-refractivity contribution in [3.8, 4) is 12.3 Å². The van der Waals surface area contributed by atoms with Crippen LogP contribution in [0.4, 0.5) is 0 Å². The second-order valence-electron chi connectivity index (χ2n) is 3.87. The van der Waals surface area contributed by atoms with Crippen LogP contribution in [-0.2, 0) is 6.54 Å². The van der Waals surface area contributed by atoms with E-state index in [2.05, 4.69) is 50.2 Å². The second-order valence-corrected chi connectivity index (χ2v) is 3.87. The summed E-state index contributed by atoms with van der Waals surface area (Å²) in [5.41, 5.74) is 4.03. The van der Waals surface area contributed by atoms with E-state index in [0.29, 0.717) is 0 Å². The van der Waals surface area contributed by atoms with E-state index >= 15 is 0 Å². The maximum atomic E-state index is 5.40. The van der Waals surface area contributed by atoms with Crippen molar-refractivity contribution in [2.24, 2.45) is 0 Å². The van der Waals surface area contributed by atoms with Gasteiger partial charge in [0.05, 0.1) is 6.04 Å². The molecule has 15 heavy (non-hydrogen) atoms. The lowest BCUT2D eigenvalue weighted by Gasteiger charge is -2.13. The van der Waals surface area contributed by atoms with Crippen molar-refractivity contribution in [3.05, 3.63) is 34.9 Å². The van der Waals surface area contributed by atoms with Gasteiger partial charge in [0, 0.05) is 6.54 Å². The molecule has 0 aromatic heterocycles. The predicted molar refractivity (Wildman–Crippen MR) is 65.7 cm³/mol. The Hall–Kier alpha value is -1.26. The summed E-state index contributed by atoms with van der Waals surface area (Å²) < 4.78 is 0. The normalized spacial score (nSPS) is 12.1. The molecule has 1 unspecified atom stereocenters. The van der Waals surface area contributed by atoms with Gasteiger partial charge in [-0.25, -0.2) is 0 Å². The lowest BCUT2D eigenvalue weighted by molar-refractivity contribution is 0.591. The lowest BCUT2D eigenvalue weighted by atomic mass is 10.0. The molecule has 1 heteroatoms. The van der Waals surface area contributed by atoms with Crippen LogP contribution < -0.4 is 5.32 Å². The zero-order chi connectivity index (χ0) is 11.3. The van der Waals surface area contributed by atoms with E-state index in [4.69, 9.17) is 6.42 Å². The molecule has 0 radical (unpaired) electrons. The van der Waals surface area contributed by atoms with Crippen LogP contribution in [0.1, 0.15) is 30.0 Å². The molecule has 0 saturated carbocycles. The standard InChI is InChI=1S/C14H19N/c1-5-14(6-2)15-10-13-9-7-8-11(3)12(13)4/h1,7-9,14-15H,6,10H2,2-4H3. The zero-order valence-electron chi connectivity index (χ0n) is 9.80. The van der Waals surface area contributed by atoms with Gasteiger partial charge in [0.1, 0.15) is 0 Å². The average molecular weight is 201 g/mol. The quantitative estimate of drug-likeness (QED) is 0.739. The maximum Gasteiger partial charge on any atom is 0.0686 e.